The monoisotopic (exact) mass is 244 g/mol. The number of nitrogens with one attached hydrogen (secondary N) is 2. The summed E-state index contributed by atoms with van der Waals surface area (Å²) in [6, 6.07) is 0. The maximum absolute atomic E-state index is 4.36. The Morgan fingerprint density at radius 2 is 2.06 bits per heavy atom. The Hall–Kier alpha value is -1.98. The largest absolute Gasteiger partial charge is 0.369 e. The highest BCUT2D eigenvalue weighted by atomic mass is 15.2. The van der Waals surface area contributed by atoms with Gasteiger partial charge in [-0.3, -0.25) is 5.10 Å². The van der Waals surface area contributed by atoms with E-state index in [1.165, 1.54) is 30.4 Å². The zero-order chi connectivity index (χ0) is 12.2. The highest BCUT2D eigenvalue weighted by Gasteiger charge is 2.14. The van der Waals surface area contributed by atoms with Crippen LogP contribution in [0, 0.1) is 0 Å². The molecule has 94 valence electrons. The van der Waals surface area contributed by atoms with Crippen LogP contribution in [0.4, 0.5) is 5.82 Å². The number of hydrogen-bond acceptors (Lipinski definition) is 5. The van der Waals surface area contributed by atoms with E-state index in [1.807, 2.05) is 0 Å². The molecule has 0 spiro atoms. The smallest absolute Gasteiger partial charge is 0.137 e. The maximum Gasteiger partial charge on any atom is 0.137 e. The van der Waals surface area contributed by atoms with Gasteiger partial charge in [-0.2, -0.15) is 5.10 Å². The molecule has 0 aromatic carbocycles. The van der Waals surface area contributed by atoms with Gasteiger partial charge in [0.1, 0.15) is 24.3 Å². The number of aromatic nitrogens is 5. The highest BCUT2D eigenvalue weighted by Crippen LogP contribution is 2.24. The fourth-order valence-electron chi connectivity index (χ4n) is 2.32. The quantitative estimate of drug-likeness (QED) is 0.842. The molecule has 2 heterocycles. The summed E-state index contributed by atoms with van der Waals surface area (Å²) in [5.41, 5.74) is 2.50. The molecule has 0 bridgehead atoms. The van der Waals surface area contributed by atoms with E-state index in [1.54, 1.807) is 6.33 Å². The number of nitrogens with zero attached hydrogens (tertiary/aromatic N) is 4. The minimum Gasteiger partial charge on any atom is -0.369 e. The van der Waals surface area contributed by atoms with Crippen molar-refractivity contribution in [2.75, 3.05) is 11.9 Å². The lowest BCUT2D eigenvalue weighted by molar-refractivity contribution is 0.663. The van der Waals surface area contributed by atoms with Crippen LogP contribution in [-0.2, 0) is 19.3 Å². The van der Waals surface area contributed by atoms with Gasteiger partial charge >= 0.3 is 0 Å². The van der Waals surface area contributed by atoms with Gasteiger partial charge < -0.3 is 5.32 Å². The van der Waals surface area contributed by atoms with E-state index in [4.69, 9.17) is 0 Å². The van der Waals surface area contributed by atoms with Gasteiger partial charge in [-0.1, -0.05) is 0 Å². The standard InChI is InChI=1S/C12H16N6/c1-2-4-10-9(3-1)12(16-7-14-10)13-6-5-11-15-8-17-18-11/h7-8H,1-6H2,(H,13,14,16)(H,15,17,18). The molecule has 0 saturated carbocycles. The zero-order valence-electron chi connectivity index (χ0n) is 10.2. The van der Waals surface area contributed by atoms with Crippen molar-refractivity contribution in [3.05, 3.63) is 29.7 Å². The van der Waals surface area contributed by atoms with Crippen LogP contribution in [0.15, 0.2) is 12.7 Å². The summed E-state index contributed by atoms with van der Waals surface area (Å²) in [5.74, 6) is 1.88. The van der Waals surface area contributed by atoms with Crippen LogP contribution in [0.5, 0.6) is 0 Å². The van der Waals surface area contributed by atoms with Gasteiger partial charge in [0.25, 0.3) is 0 Å². The lowest BCUT2D eigenvalue weighted by atomic mass is 9.96. The van der Waals surface area contributed by atoms with E-state index in [-0.39, 0.29) is 0 Å². The highest BCUT2D eigenvalue weighted by molar-refractivity contribution is 5.46. The van der Waals surface area contributed by atoms with Gasteiger partial charge in [0.15, 0.2) is 0 Å². The second-order valence-electron chi connectivity index (χ2n) is 4.46. The molecular weight excluding hydrogens is 228 g/mol. The Labute approximate surface area is 105 Å². The van der Waals surface area contributed by atoms with Crippen molar-refractivity contribution < 1.29 is 0 Å². The van der Waals surface area contributed by atoms with Crippen molar-refractivity contribution >= 4 is 5.82 Å². The van der Waals surface area contributed by atoms with Gasteiger partial charge in [0, 0.05) is 24.2 Å². The van der Waals surface area contributed by atoms with Gasteiger partial charge in [-0.15, -0.1) is 0 Å². The molecule has 0 atom stereocenters. The molecule has 1 aliphatic rings. The molecular formula is C12H16N6. The number of fused-ring (bicyclic) bond motifs is 1. The second-order valence-corrected chi connectivity index (χ2v) is 4.46. The van der Waals surface area contributed by atoms with Gasteiger partial charge in [-0.05, 0) is 25.7 Å². The maximum atomic E-state index is 4.36. The first-order valence-corrected chi connectivity index (χ1v) is 6.34. The molecule has 0 radical (unpaired) electrons. The summed E-state index contributed by atoms with van der Waals surface area (Å²) in [6.45, 7) is 0.804. The third kappa shape index (κ3) is 2.32. The third-order valence-electron chi connectivity index (χ3n) is 3.24. The van der Waals surface area contributed by atoms with Crippen LogP contribution in [0.1, 0.15) is 29.9 Å². The van der Waals surface area contributed by atoms with Crippen LogP contribution in [-0.4, -0.2) is 31.7 Å². The van der Waals surface area contributed by atoms with Crippen molar-refractivity contribution in [2.45, 2.75) is 32.1 Å². The lowest BCUT2D eigenvalue weighted by Gasteiger charge is -2.17. The molecule has 0 unspecified atom stereocenters. The van der Waals surface area contributed by atoms with Crippen LogP contribution in [0.2, 0.25) is 0 Å². The average Bonchev–Trinajstić information content (AvgIpc) is 2.92. The van der Waals surface area contributed by atoms with E-state index in [0.29, 0.717) is 0 Å². The number of anilines is 1. The van der Waals surface area contributed by atoms with Crippen molar-refractivity contribution in [1.29, 1.82) is 0 Å². The first kappa shape index (κ1) is 11.1. The molecule has 6 heteroatoms. The Kier molecular flexibility index (Phi) is 3.16. The number of aryl methyl sites for hydroxylation is 1. The second kappa shape index (κ2) is 5.12. The first-order chi connectivity index (χ1) is 8.93. The Morgan fingerprint density at radius 3 is 2.94 bits per heavy atom. The van der Waals surface area contributed by atoms with E-state index < -0.39 is 0 Å². The molecule has 2 aromatic heterocycles. The summed E-state index contributed by atoms with van der Waals surface area (Å²) < 4.78 is 0. The van der Waals surface area contributed by atoms with E-state index in [0.717, 1.165) is 37.4 Å². The zero-order valence-corrected chi connectivity index (χ0v) is 10.2. The van der Waals surface area contributed by atoms with Crippen molar-refractivity contribution in [3.63, 3.8) is 0 Å². The van der Waals surface area contributed by atoms with Crippen molar-refractivity contribution in [1.82, 2.24) is 25.1 Å². The SMILES string of the molecule is c1n[nH]c(CCNc2ncnc3c2CCCC3)n1. The molecule has 0 amide bonds. The van der Waals surface area contributed by atoms with Gasteiger partial charge in [0.2, 0.25) is 0 Å². The predicted molar refractivity (Wildman–Crippen MR) is 67.3 cm³/mol. The lowest BCUT2D eigenvalue weighted by Crippen LogP contribution is -2.14. The number of rotatable bonds is 4. The first-order valence-electron chi connectivity index (χ1n) is 6.34. The minimum absolute atomic E-state index is 0.804. The Morgan fingerprint density at radius 1 is 1.11 bits per heavy atom. The molecule has 6 nitrogen and oxygen atoms in total. The number of hydrogen-bond donors (Lipinski definition) is 2. The topological polar surface area (TPSA) is 79.4 Å². The summed E-state index contributed by atoms with van der Waals surface area (Å²) in [7, 11) is 0. The number of aromatic amines is 1. The molecule has 0 fully saturated rings. The summed E-state index contributed by atoms with van der Waals surface area (Å²) in [5, 5.41) is 10.1. The third-order valence-corrected chi connectivity index (χ3v) is 3.24. The molecule has 3 rings (SSSR count). The normalized spacial score (nSPS) is 14.2. The molecule has 2 N–H and O–H groups in total. The van der Waals surface area contributed by atoms with Crippen LogP contribution in [0.3, 0.4) is 0 Å². The Bertz CT molecular complexity index is 507. The van der Waals surface area contributed by atoms with Crippen molar-refractivity contribution in [3.8, 4) is 0 Å². The summed E-state index contributed by atoms with van der Waals surface area (Å²) in [4.78, 5) is 12.8. The molecule has 0 saturated heterocycles. The van der Waals surface area contributed by atoms with Crippen LogP contribution >= 0.6 is 0 Å². The van der Waals surface area contributed by atoms with E-state index >= 15 is 0 Å². The fraction of sp³-hybridized carbons (Fsp3) is 0.500. The summed E-state index contributed by atoms with van der Waals surface area (Å²) >= 11 is 0. The average molecular weight is 244 g/mol. The molecule has 18 heavy (non-hydrogen) atoms. The molecule has 1 aliphatic carbocycles. The Balaban J connectivity index is 1.65. The number of H-pyrrole nitrogens is 1. The van der Waals surface area contributed by atoms with Gasteiger partial charge in [0.05, 0.1) is 0 Å². The minimum atomic E-state index is 0.804. The van der Waals surface area contributed by atoms with E-state index in [9.17, 15) is 0 Å². The fourth-order valence-corrected chi connectivity index (χ4v) is 2.32. The van der Waals surface area contributed by atoms with Crippen LogP contribution < -0.4 is 5.32 Å². The summed E-state index contributed by atoms with van der Waals surface area (Å²) in [6.07, 6.45) is 8.63. The van der Waals surface area contributed by atoms with Crippen LogP contribution in [0.25, 0.3) is 0 Å². The molecule has 0 aliphatic heterocycles. The van der Waals surface area contributed by atoms with Crippen molar-refractivity contribution in [2.24, 2.45) is 0 Å². The van der Waals surface area contributed by atoms with E-state index in [2.05, 4.69) is 30.5 Å². The molecule has 2 aromatic rings. The predicted octanol–water partition coefficient (Wildman–Crippen LogP) is 1.13. The van der Waals surface area contributed by atoms with Gasteiger partial charge in [-0.25, -0.2) is 15.0 Å².